The van der Waals surface area contributed by atoms with Gasteiger partial charge in [-0.3, -0.25) is 4.57 Å². The molecule has 0 bridgehead atoms. The standard InChI is InChI=1S/C11H17O4PS/c1-3-14-16(12,15-4-2)10-17(13)11-8-6-5-7-9-11/h5-9H,3-4,10H2,1-2H3. The maximum absolute atomic E-state index is 12.2. The molecular weight excluding hydrogens is 259 g/mol. The minimum absolute atomic E-state index is 0.0985. The fraction of sp³-hybridized carbons (Fsp3) is 0.455. The molecule has 0 aliphatic heterocycles. The Morgan fingerprint density at radius 2 is 1.71 bits per heavy atom. The van der Waals surface area contributed by atoms with Crippen LogP contribution in [-0.4, -0.2) is 23.3 Å². The summed E-state index contributed by atoms with van der Waals surface area (Å²) in [6.45, 7) is 4.03. The van der Waals surface area contributed by atoms with Gasteiger partial charge in [-0.05, 0) is 37.2 Å². The van der Waals surface area contributed by atoms with E-state index in [0.717, 1.165) is 0 Å². The topological polar surface area (TPSA) is 58.6 Å². The Morgan fingerprint density at radius 1 is 1.18 bits per heavy atom. The van der Waals surface area contributed by atoms with Gasteiger partial charge in [0, 0.05) is 0 Å². The molecule has 0 aliphatic rings. The van der Waals surface area contributed by atoms with Gasteiger partial charge in [0.2, 0.25) is 5.49 Å². The molecule has 0 N–H and O–H groups in total. The maximum Gasteiger partial charge on any atom is 0.379 e. The zero-order valence-electron chi connectivity index (χ0n) is 10.00. The van der Waals surface area contributed by atoms with Crippen molar-refractivity contribution in [2.75, 3.05) is 18.7 Å². The van der Waals surface area contributed by atoms with E-state index in [9.17, 15) is 9.12 Å². The molecule has 6 heteroatoms. The van der Waals surface area contributed by atoms with Gasteiger partial charge in [0.05, 0.1) is 13.2 Å². The van der Waals surface area contributed by atoms with Gasteiger partial charge in [-0.15, -0.1) is 0 Å². The van der Waals surface area contributed by atoms with E-state index >= 15 is 0 Å². The fourth-order valence-electron chi connectivity index (χ4n) is 1.30. The van der Waals surface area contributed by atoms with E-state index in [-0.39, 0.29) is 18.7 Å². The second kappa shape index (κ2) is 7.19. The minimum Gasteiger partial charge on any atom is -0.611 e. The van der Waals surface area contributed by atoms with Crippen LogP contribution >= 0.6 is 7.60 Å². The van der Waals surface area contributed by atoms with Crippen LogP contribution in [0.5, 0.6) is 0 Å². The molecule has 1 atom stereocenters. The lowest BCUT2D eigenvalue weighted by molar-refractivity contribution is 0.223. The Bertz CT molecular complexity index is 361. The van der Waals surface area contributed by atoms with Crippen LogP contribution in [0.1, 0.15) is 13.8 Å². The third-order valence-corrected chi connectivity index (χ3v) is 6.24. The van der Waals surface area contributed by atoms with Crippen LogP contribution in [0, 0.1) is 0 Å². The van der Waals surface area contributed by atoms with Gasteiger partial charge in [0.1, 0.15) is 0 Å². The highest BCUT2D eigenvalue weighted by atomic mass is 32.2. The molecule has 1 unspecified atom stereocenters. The van der Waals surface area contributed by atoms with Gasteiger partial charge >= 0.3 is 7.60 Å². The monoisotopic (exact) mass is 276 g/mol. The zero-order valence-corrected chi connectivity index (χ0v) is 11.7. The molecular formula is C11H17O4PS. The summed E-state index contributed by atoms with van der Waals surface area (Å²) in [5.74, 6) is 0. The second-order valence-electron chi connectivity index (χ2n) is 3.23. The Labute approximate surface area is 105 Å². The van der Waals surface area contributed by atoms with Crippen LogP contribution in [-0.2, 0) is 24.8 Å². The lowest BCUT2D eigenvalue weighted by atomic mass is 10.4. The smallest absolute Gasteiger partial charge is 0.379 e. The predicted molar refractivity (Wildman–Crippen MR) is 68.6 cm³/mol. The molecule has 0 amide bonds. The predicted octanol–water partition coefficient (Wildman–Crippen LogP) is 3.02. The quantitative estimate of drug-likeness (QED) is 0.567. The largest absolute Gasteiger partial charge is 0.611 e. The summed E-state index contributed by atoms with van der Waals surface area (Å²) in [4.78, 5) is 0.632. The van der Waals surface area contributed by atoms with E-state index in [4.69, 9.17) is 9.05 Å². The Kier molecular flexibility index (Phi) is 6.23. The van der Waals surface area contributed by atoms with Gasteiger partial charge in [0.15, 0.2) is 4.90 Å². The van der Waals surface area contributed by atoms with Gasteiger partial charge in [0.25, 0.3) is 0 Å². The Balaban J connectivity index is 2.71. The second-order valence-corrected chi connectivity index (χ2v) is 7.17. The SMILES string of the molecule is CCOP(=O)(C[S+]([O-])c1ccccc1)OCC. The highest BCUT2D eigenvalue weighted by Gasteiger charge is 2.31. The lowest BCUT2D eigenvalue weighted by Crippen LogP contribution is -2.11. The molecule has 17 heavy (non-hydrogen) atoms. The summed E-state index contributed by atoms with van der Waals surface area (Å²) in [6.07, 6.45) is 0. The molecule has 0 aliphatic carbocycles. The van der Waals surface area contributed by atoms with E-state index in [1.54, 1.807) is 38.1 Å². The molecule has 0 aromatic heterocycles. The number of rotatable bonds is 7. The van der Waals surface area contributed by atoms with E-state index in [0.29, 0.717) is 4.90 Å². The highest BCUT2D eigenvalue weighted by Crippen LogP contribution is 2.49. The van der Waals surface area contributed by atoms with E-state index in [2.05, 4.69) is 0 Å². The Hall–Kier alpha value is -0.320. The zero-order chi connectivity index (χ0) is 12.7. The first-order valence-electron chi connectivity index (χ1n) is 5.43. The van der Waals surface area contributed by atoms with E-state index < -0.39 is 18.8 Å². The van der Waals surface area contributed by atoms with Crippen molar-refractivity contribution in [2.24, 2.45) is 0 Å². The molecule has 0 fully saturated rings. The van der Waals surface area contributed by atoms with Gasteiger partial charge in [-0.1, -0.05) is 18.2 Å². The van der Waals surface area contributed by atoms with Gasteiger partial charge < -0.3 is 13.6 Å². The van der Waals surface area contributed by atoms with Crippen LogP contribution in [0.3, 0.4) is 0 Å². The van der Waals surface area contributed by atoms with Crippen LogP contribution < -0.4 is 0 Å². The van der Waals surface area contributed by atoms with Crippen molar-refractivity contribution in [3.63, 3.8) is 0 Å². The van der Waals surface area contributed by atoms with Crippen molar-refractivity contribution in [3.05, 3.63) is 30.3 Å². The van der Waals surface area contributed by atoms with Gasteiger partial charge in [-0.25, -0.2) is 0 Å². The number of benzene rings is 1. The minimum atomic E-state index is -3.24. The van der Waals surface area contributed by atoms with Crippen molar-refractivity contribution in [3.8, 4) is 0 Å². The first-order chi connectivity index (χ1) is 8.11. The lowest BCUT2D eigenvalue weighted by Gasteiger charge is -2.18. The third-order valence-electron chi connectivity index (χ3n) is 1.93. The van der Waals surface area contributed by atoms with E-state index in [1.165, 1.54) is 0 Å². The molecule has 0 saturated carbocycles. The van der Waals surface area contributed by atoms with Crippen molar-refractivity contribution >= 4 is 18.8 Å². The molecule has 0 heterocycles. The Morgan fingerprint density at radius 3 is 2.18 bits per heavy atom. The van der Waals surface area contributed by atoms with Crippen molar-refractivity contribution in [1.82, 2.24) is 0 Å². The van der Waals surface area contributed by atoms with Crippen LogP contribution in [0.15, 0.2) is 35.2 Å². The molecule has 0 spiro atoms. The highest BCUT2D eigenvalue weighted by molar-refractivity contribution is 7.97. The van der Waals surface area contributed by atoms with Crippen LogP contribution in [0.4, 0.5) is 0 Å². The summed E-state index contributed by atoms with van der Waals surface area (Å²) >= 11 is -1.37. The van der Waals surface area contributed by atoms with Crippen molar-refractivity contribution in [1.29, 1.82) is 0 Å². The molecule has 96 valence electrons. The van der Waals surface area contributed by atoms with Crippen LogP contribution in [0.25, 0.3) is 0 Å². The first kappa shape index (κ1) is 14.7. The molecule has 1 aromatic carbocycles. The number of hydrogen-bond acceptors (Lipinski definition) is 4. The third kappa shape index (κ3) is 4.82. The fourth-order valence-corrected chi connectivity index (χ4v) is 4.96. The molecule has 0 radical (unpaired) electrons. The van der Waals surface area contributed by atoms with Crippen LogP contribution in [0.2, 0.25) is 0 Å². The van der Waals surface area contributed by atoms with E-state index in [1.807, 2.05) is 6.07 Å². The molecule has 1 rings (SSSR count). The average Bonchev–Trinajstić information content (AvgIpc) is 2.30. The summed E-state index contributed by atoms with van der Waals surface area (Å²) in [5, 5.41) is 0. The molecule has 1 aromatic rings. The maximum atomic E-state index is 12.2. The summed E-state index contributed by atoms with van der Waals surface area (Å²) in [5.41, 5.74) is -0.0985. The summed E-state index contributed by atoms with van der Waals surface area (Å²) in [6, 6.07) is 8.89. The number of hydrogen-bond donors (Lipinski definition) is 0. The summed E-state index contributed by atoms with van der Waals surface area (Å²) in [7, 11) is -3.24. The van der Waals surface area contributed by atoms with Crippen molar-refractivity contribution < 1.29 is 18.2 Å². The van der Waals surface area contributed by atoms with Crippen molar-refractivity contribution in [2.45, 2.75) is 18.7 Å². The first-order valence-corrected chi connectivity index (χ1v) is 8.47. The average molecular weight is 276 g/mol. The normalized spacial score (nSPS) is 13.6. The van der Waals surface area contributed by atoms with Gasteiger partial charge in [-0.2, -0.15) is 0 Å². The molecule has 4 nitrogen and oxygen atoms in total. The summed E-state index contributed by atoms with van der Waals surface area (Å²) < 4.78 is 34.4. The molecule has 0 saturated heterocycles.